The fraction of sp³-hybridized carbons (Fsp3) is 0.432. The third-order valence-electron chi connectivity index (χ3n) is 8.92. The Morgan fingerprint density at radius 1 is 0.702 bits per heavy atom. The molecule has 0 aliphatic carbocycles. The smallest absolute Gasteiger partial charge is 0.306 e. The molecule has 0 unspecified atom stereocenters. The van der Waals surface area contributed by atoms with E-state index in [1.807, 2.05) is 59.8 Å². The van der Waals surface area contributed by atoms with E-state index in [2.05, 4.69) is 20.3 Å². The highest BCUT2D eigenvalue weighted by Crippen LogP contribution is 2.28. The molecule has 2 aliphatic heterocycles. The van der Waals surface area contributed by atoms with Crippen molar-refractivity contribution in [3.05, 3.63) is 72.3 Å². The average Bonchev–Trinajstić information content (AvgIpc) is 3.67. The normalized spacial score (nSPS) is 16.6. The Morgan fingerprint density at radius 3 is 1.89 bits per heavy atom. The maximum Gasteiger partial charge on any atom is 0.306 e. The van der Waals surface area contributed by atoms with Crippen molar-refractivity contribution < 1.29 is 28.7 Å². The zero-order chi connectivity index (χ0) is 34.4. The number of aromatic amines is 2. The number of amides is 2. The molecule has 10 nitrogen and oxygen atoms in total. The highest BCUT2D eigenvalue weighted by Gasteiger charge is 2.24. The second-order valence-corrected chi connectivity index (χ2v) is 11.7. The van der Waals surface area contributed by atoms with Crippen molar-refractivity contribution >= 4 is 47.7 Å². The summed E-state index contributed by atoms with van der Waals surface area (Å²) in [6.45, 7) is 15.9. The topological polar surface area (TPSA) is 143 Å². The lowest BCUT2D eigenvalue weighted by molar-refractivity contribution is -0.144. The molecule has 10 heteroatoms. The minimum Gasteiger partial charge on any atom is -0.466 e. The summed E-state index contributed by atoms with van der Waals surface area (Å²) >= 11 is 0. The van der Waals surface area contributed by atoms with E-state index in [1.165, 1.54) is 0 Å². The van der Waals surface area contributed by atoms with Gasteiger partial charge in [-0.2, -0.15) is 0 Å². The standard InChI is InChI=1S/C37H46N4O6/c1-9-24-23(8)36(44)41-31(24)18-29-22(7)27(14-16-35(43)47-12-4)33(39-29)19-32-26(13-15-34(42)46-11-3)21(6)28(38-32)17-30-20(5)25(10-2)37(45)40-30/h17-19,38-39H,9-16H2,1-8H3,(H,41,44)/b28-17+,31-18-,32-19-. The Balaban J connectivity index is 1.90. The van der Waals surface area contributed by atoms with Crippen LogP contribution < -0.4 is 16.0 Å². The number of nitrogens with one attached hydrogen (secondary N) is 3. The lowest BCUT2D eigenvalue weighted by Gasteiger charge is -2.05. The Kier molecular flexibility index (Phi) is 11.4. The molecule has 2 aromatic rings. The van der Waals surface area contributed by atoms with E-state index >= 15 is 0 Å². The predicted octanol–water partition coefficient (Wildman–Crippen LogP) is 4.47. The molecule has 0 bridgehead atoms. The van der Waals surface area contributed by atoms with Crippen molar-refractivity contribution in [2.75, 3.05) is 13.2 Å². The highest BCUT2D eigenvalue weighted by atomic mass is 16.5. The predicted molar refractivity (Wildman–Crippen MR) is 183 cm³/mol. The number of hydrogen-bond donors (Lipinski definition) is 3. The Labute approximate surface area is 275 Å². The maximum atomic E-state index is 12.5. The average molecular weight is 643 g/mol. The monoisotopic (exact) mass is 642 g/mol. The van der Waals surface area contributed by atoms with Crippen molar-refractivity contribution in [1.82, 2.24) is 15.3 Å². The lowest BCUT2D eigenvalue weighted by Crippen LogP contribution is -2.15. The fourth-order valence-corrected chi connectivity index (χ4v) is 6.22. The third-order valence-corrected chi connectivity index (χ3v) is 8.92. The van der Waals surface area contributed by atoms with Gasteiger partial charge in [-0.3, -0.25) is 19.2 Å². The number of aliphatic imine (C=N–C) groups is 1. The molecule has 0 saturated carbocycles. The van der Waals surface area contributed by atoms with Crippen LogP contribution in [0.25, 0.3) is 18.2 Å². The molecule has 0 aromatic carbocycles. The molecule has 0 saturated heterocycles. The first-order valence-electron chi connectivity index (χ1n) is 16.4. The van der Waals surface area contributed by atoms with Crippen molar-refractivity contribution in [2.45, 2.75) is 93.9 Å². The molecule has 0 atom stereocenters. The second-order valence-electron chi connectivity index (χ2n) is 11.7. The molecule has 47 heavy (non-hydrogen) atoms. The summed E-state index contributed by atoms with van der Waals surface area (Å²) in [5, 5.41) is 4.56. The molecule has 4 rings (SSSR count). The minimum atomic E-state index is -0.282. The summed E-state index contributed by atoms with van der Waals surface area (Å²) in [4.78, 5) is 61.1. The molecule has 0 fully saturated rings. The Hall–Kier alpha value is -4.73. The van der Waals surface area contributed by atoms with E-state index in [9.17, 15) is 19.2 Å². The van der Waals surface area contributed by atoms with Crippen LogP contribution in [-0.4, -0.2) is 52.6 Å². The van der Waals surface area contributed by atoms with Gasteiger partial charge in [-0.15, -0.1) is 0 Å². The van der Waals surface area contributed by atoms with E-state index in [-0.39, 0.29) is 36.6 Å². The third kappa shape index (κ3) is 7.64. The second kappa shape index (κ2) is 15.2. The molecule has 250 valence electrons. The van der Waals surface area contributed by atoms with Crippen LogP contribution in [0.1, 0.15) is 101 Å². The van der Waals surface area contributed by atoms with E-state index in [4.69, 9.17) is 9.47 Å². The molecule has 2 amide bonds. The number of ether oxygens (including phenoxy) is 2. The molecule has 0 spiro atoms. The number of carbonyl (C=O) groups is 4. The van der Waals surface area contributed by atoms with Crippen LogP contribution in [0, 0.1) is 13.8 Å². The van der Waals surface area contributed by atoms with Gasteiger partial charge in [0.05, 0.1) is 18.9 Å². The van der Waals surface area contributed by atoms with Gasteiger partial charge in [0.2, 0.25) is 0 Å². The molecule has 0 radical (unpaired) electrons. The molecule has 4 heterocycles. The SMILES string of the molecule is CCOC(=O)CCc1c(/C=c2\[nH]/c(=C/C3=NC(=O)C(CC)=C3C)c(C)c2CCC(=O)OCC)[nH]c(/C=C2\NC(=O)C(C)=C2CC)c1C. The number of allylic oxidation sites excluding steroid dienone is 2. The number of esters is 2. The van der Waals surface area contributed by atoms with Crippen LogP contribution >= 0.6 is 0 Å². The number of aromatic nitrogens is 2. The number of H-pyrrole nitrogens is 2. The van der Waals surface area contributed by atoms with Gasteiger partial charge in [0.15, 0.2) is 0 Å². The lowest BCUT2D eigenvalue weighted by atomic mass is 10.0. The van der Waals surface area contributed by atoms with Crippen LogP contribution in [0.15, 0.2) is 33.0 Å². The largest absolute Gasteiger partial charge is 0.466 e. The summed E-state index contributed by atoms with van der Waals surface area (Å²) in [5.41, 5.74) is 10.0. The first kappa shape index (κ1) is 35.1. The van der Waals surface area contributed by atoms with Crippen molar-refractivity contribution in [3.8, 4) is 0 Å². The van der Waals surface area contributed by atoms with E-state index < -0.39 is 0 Å². The summed E-state index contributed by atoms with van der Waals surface area (Å²) < 4.78 is 10.4. The van der Waals surface area contributed by atoms with Crippen molar-refractivity contribution in [3.63, 3.8) is 0 Å². The van der Waals surface area contributed by atoms with Crippen LogP contribution in [0.3, 0.4) is 0 Å². The van der Waals surface area contributed by atoms with Gasteiger partial charge in [0.1, 0.15) is 0 Å². The fourth-order valence-electron chi connectivity index (χ4n) is 6.22. The maximum absolute atomic E-state index is 12.5. The summed E-state index contributed by atoms with van der Waals surface area (Å²) in [6, 6.07) is 0. The van der Waals surface area contributed by atoms with Crippen LogP contribution in [0.5, 0.6) is 0 Å². The first-order valence-corrected chi connectivity index (χ1v) is 16.4. The Bertz CT molecular complexity index is 1860. The van der Waals surface area contributed by atoms with Gasteiger partial charge in [-0.05, 0) is 119 Å². The van der Waals surface area contributed by atoms with Crippen molar-refractivity contribution in [1.29, 1.82) is 0 Å². The van der Waals surface area contributed by atoms with E-state index in [0.717, 1.165) is 61.2 Å². The minimum absolute atomic E-state index is 0.104. The highest BCUT2D eigenvalue weighted by molar-refractivity contribution is 6.30. The van der Waals surface area contributed by atoms with Gasteiger partial charge >= 0.3 is 11.9 Å². The zero-order valence-corrected chi connectivity index (χ0v) is 28.8. The number of rotatable bonds is 13. The zero-order valence-electron chi connectivity index (χ0n) is 28.8. The van der Waals surface area contributed by atoms with Gasteiger partial charge in [0, 0.05) is 51.8 Å². The van der Waals surface area contributed by atoms with Gasteiger partial charge in [-0.25, -0.2) is 4.99 Å². The molecule has 2 aliphatic rings. The Morgan fingerprint density at radius 2 is 1.32 bits per heavy atom. The quantitative estimate of drug-likeness (QED) is 0.275. The first-order chi connectivity index (χ1) is 22.4. The van der Waals surface area contributed by atoms with Crippen LogP contribution in [-0.2, 0) is 41.5 Å². The number of nitrogens with zero attached hydrogens (tertiary/aromatic N) is 1. The van der Waals surface area contributed by atoms with E-state index in [0.29, 0.717) is 55.8 Å². The molecular formula is C37H46N4O6. The summed E-state index contributed by atoms with van der Waals surface area (Å²) in [7, 11) is 0. The summed E-state index contributed by atoms with van der Waals surface area (Å²) in [6.07, 6.45) is 8.44. The van der Waals surface area contributed by atoms with Crippen molar-refractivity contribution in [2.24, 2.45) is 4.99 Å². The van der Waals surface area contributed by atoms with Crippen LogP contribution in [0.4, 0.5) is 0 Å². The van der Waals surface area contributed by atoms with Gasteiger partial charge < -0.3 is 24.8 Å². The molecule has 3 N–H and O–H groups in total. The van der Waals surface area contributed by atoms with Gasteiger partial charge in [-0.1, -0.05) is 13.8 Å². The van der Waals surface area contributed by atoms with Gasteiger partial charge in [0.25, 0.3) is 11.8 Å². The number of hydrogen-bond acceptors (Lipinski definition) is 6. The number of carbonyl (C=O) groups excluding carboxylic acids is 4. The van der Waals surface area contributed by atoms with Crippen LogP contribution in [0.2, 0.25) is 0 Å². The molecule has 2 aromatic heterocycles. The van der Waals surface area contributed by atoms with E-state index in [1.54, 1.807) is 13.8 Å². The molecular weight excluding hydrogens is 596 g/mol. The summed E-state index contributed by atoms with van der Waals surface area (Å²) in [5.74, 6) is -0.874.